The minimum atomic E-state index is -0.462. The highest BCUT2D eigenvalue weighted by Crippen LogP contribution is 2.30. The molecule has 23 heavy (non-hydrogen) atoms. The highest BCUT2D eigenvalue weighted by atomic mass is 16.1. The number of nitriles is 1. The number of ketones is 1. The van der Waals surface area contributed by atoms with Gasteiger partial charge in [-0.3, -0.25) is 9.59 Å². The van der Waals surface area contributed by atoms with Gasteiger partial charge in [0.1, 0.15) is 0 Å². The van der Waals surface area contributed by atoms with E-state index in [0.717, 1.165) is 16.5 Å². The van der Waals surface area contributed by atoms with E-state index in [0.29, 0.717) is 11.1 Å². The molecule has 3 aromatic rings. The Bertz CT molecular complexity index is 996. The second-order valence-electron chi connectivity index (χ2n) is 5.38. The lowest BCUT2D eigenvalue weighted by Gasteiger charge is -2.12. The second kappa shape index (κ2) is 5.90. The number of rotatable bonds is 3. The molecule has 0 aliphatic heterocycles. The van der Waals surface area contributed by atoms with Crippen LogP contribution in [0.5, 0.6) is 0 Å². The van der Waals surface area contributed by atoms with Crippen molar-refractivity contribution in [1.29, 1.82) is 5.26 Å². The number of pyridine rings is 1. The zero-order valence-electron chi connectivity index (χ0n) is 12.6. The van der Waals surface area contributed by atoms with E-state index >= 15 is 0 Å². The van der Waals surface area contributed by atoms with Crippen molar-refractivity contribution in [1.82, 2.24) is 4.98 Å². The Morgan fingerprint density at radius 1 is 1.17 bits per heavy atom. The fourth-order valence-electron chi connectivity index (χ4n) is 2.74. The number of nitrogens with zero attached hydrogens (tertiary/aromatic N) is 1. The van der Waals surface area contributed by atoms with E-state index in [-0.39, 0.29) is 12.0 Å². The van der Waals surface area contributed by atoms with Gasteiger partial charge in [0.2, 0.25) is 0 Å². The summed E-state index contributed by atoms with van der Waals surface area (Å²) in [4.78, 5) is 27.5. The van der Waals surface area contributed by atoms with E-state index in [9.17, 15) is 9.59 Å². The maximum Gasteiger partial charge on any atom is 0.259 e. The van der Waals surface area contributed by atoms with E-state index in [4.69, 9.17) is 5.26 Å². The molecular weight excluding hydrogens is 288 g/mol. The number of aromatic nitrogens is 1. The van der Waals surface area contributed by atoms with Crippen LogP contribution in [-0.2, 0) is 0 Å². The first-order valence-corrected chi connectivity index (χ1v) is 7.24. The summed E-state index contributed by atoms with van der Waals surface area (Å²) in [5.74, 6) is -0.462. The van der Waals surface area contributed by atoms with E-state index in [1.165, 1.54) is 0 Å². The van der Waals surface area contributed by atoms with Crippen LogP contribution in [0, 0.1) is 18.3 Å². The lowest BCUT2D eigenvalue weighted by atomic mass is 9.93. The topological polar surface area (TPSA) is 73.7 Å². The Balaban J connectivity index is 2.47. The van der Waals surface area contributed by atoms with Crippen LogP contribution in [0.15, 0.2) is 53.3 Å². The molecule has 0 saturated heterocycles. The third-order valence-corrected chi connectivity index (χ3v) is 3.75. The first-order valence-electron chi connectivity index (χ1n) is 7.24. The van der Waals surface area contributed by atoms with Gasteiger partial charge in [-0.2, -0.15) is 5.26 Å². The number of H-pyrrole nitrogens is 1. The zero-order valence-corrected chi connectivity index (χ0v) is 12.6. The number of hydrogen-bond donors (Lipinski definition) is 1. The second-order valence-corrected chi connectivity index (χ2v) is 5.38. The Kier molecular flexibility index (Phi) is 3.78. The van der Waals surface area contributed by atoms with Crippen molar-refractivity contribution in [2.24, 2.45) is 0 Å². The van der Waals surface area contributed by atoms with Crippen LogP contribution in [0.3, 0.4) is 0 Å². The Labute approximate surface area is 133 Å². The Morgan fingerprint density at radius 2 is 1.91 bits per heavy atom. The van der Waals surface area contributed by atoms with Crippen molar-refractivity contribution in [3.8, 4) is 17.2 Å². The number of aromatic amines is 1. The first kappa shape index (κ1) is 14.7. The lowest BCUT2D eigenvalue weighted by molar-refractivity contribution is 0.0997. The molecule has 0 bridgehead atoms. The largest absolute Gasteiger partial charge is 0.321 e. The first-order chi connectivity index (χ1) is 11.1. The molecule has 0 radical (unpaired) electrons. The van der Waals surface area contributed by atoms with Crippen LogP contribution in [0.2, 0.25) is 0 Å². The molecule has 1 heterocycles. The highest BCUT2D eigenvalue weighted by Gasteiger charge is 2.20. The summed E-state index contributed by atoms with van der Waals surface area (Å²) >= 11 is 0. The van der Waals surface area contributed by atoms with Crippen molar-refractivity contribution >= 4 is 16.7 Å². The number of carbonyl (C=O) groups is 1. The smallest absolute Gasteiger partial charge is 0.259 e. The van der Waals surface area contributed by atoms with Crippen LogP contribution in [0.1, 0.15) is 22.3 Å². The number of aryl methyl sites for hydroxylation is 1. The maximum atomic E-state index is 12.4. The predicted octanol–water partition coefficient (Wildman–Crippen LogP) is 3.60. The summed E-state index contributed by atoms with van der Waals surface area (Å²) in [7, 11) is 0. The SMILES string of the molecule is Cc1ccc2[nH]c(=O)c(C(=O)CC#N)c(-c3ccccc3)c2c1. The quantitative estimate of drug-likeness (QED) is 0.751. The molecule has 0 spiro atoms. The van der Waals surface area contributed by atoms with Gasteiger partial charge in [0.25, 0.3) is 5.56 Å². The molecule has 0 aliphatic rings. The van der Waals surface area contributed by atoms with Gasteiger partial charge in [0, 0.05) is 16.5 Å². The van der Waals surface area contributed by atoms with E-state index in [1.807, 2.05) is 61.5 Å². The Hall–Kier alpha value is -3.19. The molecular formula is C19H14N2O2. The predicted molar refractivity (Wildman–Crippen MR) is 89.3 cm³/mol. The van der Waals surface area contributed by atoms with Gasteiger partial charge in [-0.15, -0.1) is 0 Å². The molecule has 112 valence electrons. The molecule has 1 N–H and O–H groups in total. The van der Waals surface area contributed by atoms with Gasteiger partial charge < -0.3 is 4.98 Å². The fourth-order valence-corrected chi connectivity index (χ4v) is 2.74. The number of fused-ring (bicyclic) bond motifs is 1. The van der Waals surface area contributed by atoms with Crippen molar-refractivity contribution < 1.29 is 4.79 Å². The van der Waals surface area contributed by atoms with Crippen molar-refractivity contribution in [2.45, 2.75) is 13.3 Å². The Morgan fingerprint density at radius 3 is 2.61 bits per heavy atom. The van der Waals surface area contributed by atoms with Crippen LogP contribution in [0.4, 0.5) is 0 Å². The van der Waals surface area contributed by atoms with Gasteiger partial charge in [0.15, 0.2) is 5.78 Å². The summed E-state index contributed by atoms with van der Waals surface area (Å²) in [6.07, 6.45) is -0.319. The molecule has 3 rings (SSSR count). The molecule has 0 atom stereocenters. The third-order valence-electron chi connectivity index (χ3n) is 3.75. The molecule has 1 aromatic heterocycles. The van der Waals surface area contributed by atoms with Crippen LogP contribution in [-0.4, -0.2) is 10.8 Å². The zero-order chi connectivity index (χ0) is 16.4. The van der Waals surface area contributed by atoms with E-state index < -0.39 is 11.3 Å². The van der Waals surface area contributed by atoms with Gasteiger partial charge in [-0.1, -0.05) is 42.0 Å². The summed E-state index contributed by atoms with van der Waals surface area (Å²) < 4.78 is 0. The lowest BCUT2D eigenvalue weighted by Crippen LogP contribution is -2.19. The molecule has 2 aromatic carbocycles. The minimum Gasteiger partial charge on any atom is -0.321 e. The van der Waals surface area contributed by atoms with Crippen molar-refractivity contribution in [2.75, 3.05) is 0 Å². The maximum absolute atomic E-state index is 12.4. The van der Waals surface area contributed by atoms with E-state index in [1.54, 1.807) is 0 Å². The van der Waals surface area contributed by atoms with Gasteiger partial charge in [-0.05, 0) is 24.6 Å². The molecule has 0 saturated carbocycles. The minimum absolute atomic E-state index is 0.0517. The van der Waals surface area contributed by atoms with Gasteiger partial charge in [-0.25, -0.2) is 0 Å². The molecule has 0 fully saturated rings. The molecule has 4 heteroatoms. The molecule has 0 amide bonds. The van der Waals surface area contributed by atoms with Gasteiger partial charge >= 0.3 is 0 Å². The number of carbonyl (C=O) groups excluding carboxylic acids is 1. The van der Waals surface area contributed by atoms with Crippen LogP contribution < -0.4 is 5.56 Å². The van der Waals surface area contributed by atoms with Crippen LogP contribution in [0.25, 0.3) is 22.0 Å². The number of hydrogen-bond acceptors (Lipinski definition) is 3. The molecule has 4 nitrogen and oxygen atoms in total. The average molecular weight is 302 g/mol. The molecule has 0 aliphatic carbocycles. The standard InChI is InChI=1S/C19H14N2O2/c1-12-7-8-15-14(11-12)17(13-5-3-2-4-6-13)18(19(23)21-15)16(22)9-10-20/h2-8,11H,9H2,1H3,(H,21,23). The summed E-state index contributed by atoms with van der Waals surface area (Å²) in [5, 5.41) is 9.63. The van der Waals surface area contributed by atoms with Crippen molar-refractivity contribution in [3.05, 3.63) is 70.0 Å². The monoisotopic (exact) mass is 302 g/mol. The number of nitrogens with one attached hydrogen (secondary N) is 1. The highest BCUT2D eigenvalue weighted by molar-refractivity contribution is 6.10. The van der Waals surface area contributed by atoms with Crippen LogP contribution >= 0.6 is 0 Å². The van der Waals surface area contributed by atoms with Crippen molar-refractivity contribution in [3.63, 3.8) is 0 Å². The summed E-state index contributed by atoms with van der Waals surface area (Å²) in [6.45, 7) is 1.95. The number of benzene rings is 2. The molecule has 0 unspecified atom stereocenters. The normalized spacial score (nSPS) is 10.4. The number of Topliss-reactive ketones (excluding diaryl/α,β-unsaturated/α-hetero) is 1. The third kappa shape index (κ3) is 2.65. The van der Waals surface area contributed by atoms with E-state index in [2.05, 4.69) is 4.98 Å². The summed E-state index contributed by atoms with van der Waals surface area (Å²) in [5.41, 5.74) is 2.67. The summed E-state index contributed by atoms with van der Waals surface area (Å²) in [6, 6.07) is 16.8. The fraction of sp³-hybridized carbons (Fsp3) is 0.105. The average Bonchev–Trinajstić information content (AvgIpc) is 2.55. The van der Waals surface area contributed by atoms with Gasteiger partial charge in [0.05, 0.1) is 18.1 Å².